The first-order valence-corrected chi connectivity index (χ1v) is 7.30. The third kappa shape index (κ3) is 6.44. The summed E-state index contributed by atoms with van der Waals surface area (Å²) in [6.07, 6.45) is -3.51. The number of halogens is 3. The number of methoxy groups -OCH3 is 2. The van der Waals surface area contributed by atoms with Crippen molar-refractivity contribution in [3.05, 3.63) is 23.8 Å². The van der Waals surface area contributed by atoms with Crippen LogP contribution in [0.25, 0.3) is 0 Å². The van der Waals surface area contributed by atoms with Crippen LogP contribution in [0.1, 0.15) is 23.7 Å². The number of carbonyl (C=O) groups excluding carboxylic acids is 2. The molecule has 1 rings (SSSR count). The summed E-state index contributed by atoms with van der Waals surface area (Å²) in [5.74, 6) is -2.37. The number of amides is 1. The second-order valence-corrected chi connectivity index (χ2v) is 5.16. The van der Waals surface area contributed by atoms with Crippen LogP contribution in [0.2, 0.25) is 0 Å². The highest BCUT2D eigenvalue weighted by atomic mass is 19.4. The monoisotopic (exact) mass is 360 g/mol. The van der Waals surface area contributed by atoms with E-state index in [9.17, 15) is 22.8 Å². The van der Waals surface area contributed by atoms with E-state index in [1.54, 1.807) is 0 Å². The van der Waals surface area contributed by atoms with Crippen LogP contribution in [0.5, 0.6) is 5.75 Å². The van der Waals surface area contributed by atoms with Crippen LogP contribution in [0, 0.1) is 5.92 Å². The fourth-order valence-electron chi connectivity index (χ4n) is 1.74. The summed E-state index contributed by atoms with van der Waals surface area (Å²) in [6, 6.07) is 4.30. The zero-order valence-electron chi connectivity index (χ0n) is 14.0. The number of alkyl halides is 3. The van der Waals surface area contributed by atoms with E-state index in [4.69, 9.17) is 4.74 Å². The molecule has 0 spiro atoms. The van der Waals surface area contributed by atoms with Gasteiger partial charge in [-0.2, -0.15) is 13.2 Å². The van der Waals surface area contributed by atoms with Gasteiger partial charge in [-0.05, 0) is 30.8 Å². The number of aliphatic imine (C=N–C) groups is 1. The lowest BCUT2D eigenvalue weighted by Crippen LogP contribution is -2.20. The van der Waals surface area contributed by atoms with Crippen LogP contribution in [0.3, 0.4) is 0 Å². The second kappa shape index (κ2) is 9.05. The van der Waals surface area contributed by atoms with Crippen molar-refractivity contribution in [1.29, 1.82) is 0 Å². The molecule has 0 saturated carbocycles. The van der Waals surface area contributed by atoms with Crippen LogP contribution in [0.4, 0.5) is 18.9 Å². The van der Waals surface area contributed by atoms with E-state index >= 15 is 0 Å². The first kappa shape index (κ1) is 20.5. The maximum absolute atomic E-state index is 12.3. The van der Waals surface area contributed by atoms with Crippen molar-refractivity contribution in [3.8, 4) is 5.75 Å². The molecule has 25 heavy (non-hydrogen) atoms. The molecule has 0 saturated heterocycles. The molecule has 1 aromatic rings. The molecule has 0 bridgehead atoms. The van der Waals surface area contributed by atoms with Gasteiger partial charge in [0.15, 0.2) is 0 Å². The Hall–Kier alpha value is -2.58. The average molecular weight is 360 g/mol. The minimum absolute atomic E-state index is 0.242. The first-order valence-electron chi connectivity index (χ1n) is 7.30. The number of hydrogen-bond acceptors (Lipinski definition) is 5. The Morgan fingerprint density at radius 3 is 2.56 bits per heavy atom. The van der Waals surface area contributed by atoms with Crippen molar-refractivity contribution in [2.75, 3.05) is 26.1 Å². The maximum Gasteiger partial charge on any atom is 0.391 e. The molecular weight excluding hydrogens is 341 g/mol. The van der Waals surface area contributed by atoms with E-state index < -0.39 is 24.0 Å². The summed E-state index contributed by atoms with van der Waals surface area (Å²) in [4.78, 5) is 26.9. The van der Waals surface area contributed by atoms with Gasteiger partial charge in [0.25, 0.3) is 0 Å². The Morgan fingerprint density at radius 2 is 2.00 bits per heavy atom. The van der Waals surface area contributed by atoms with Gasteiger partial charge in [-0.25, -0.2) is 4.79 Å². The summed E-state index contributed by atoms with van der Waals surface area (Å²) in [6.45, 7) is 0.715. The number of benzene rings is 1. The van der Waals surface area contributed by atoms with E-state index in [0.29, 0.717) is 5.69 Å². The molecule has 0 aliphatic heterocycles. The molecule has 138 valence electrons. The van der Waals surface area contributed by atoms with Crippen molar-refractivity contribution < 1.29 is 32.2 Å². The lowest BCUT2D eigenvalue weighted by atomic mass is 10.1. The lowest BCUT2D eigenvalue weighted by molar-refractivity contribution is -0.167. The summed E-state index contributed by atoms with van der Waals surface area (Å²) >= 11 is 0. The Morgan fingerprint density at radius 1 is 1.32 bits per heavy atom. The second-order valence-electron chi connectivity index (χ2n) is 5.16. The molecule has 0 heterocycles. The molecule has 1 N–H and O–H groups in total. The lowest BCUT2D eigenvalue weighted by Gasteiger charge is -2.12. The molecule has 0 radical (unpaired) electrons. The van der Waals surface area contributed by atoms with Crippen LogP contribution in [0.15, 0.2) is 23.2 Å². The fourth-order valence-corrected chi connectivity index (χ4v) is 1.74. The third-order valence-electron chi connectivity index (χ3n) is 3.28. The number of anilines is 1. The number of carbonyl (C=O) groups is 2. The zero-order valence-corrected chi connectivity index (χ0v) is 14.0. The highest BCUT2D eigenvalue weighted by Crippen LogP contribution is 2.27. The van der Waals surface area contributed by atoms with Gasteiger partial charge in [-0.1, -0.05) is 6.92 Å². The molecule has 0 aliphatic rings. The molecule has 9 heteroatoms. The molecule has 1 atom stereocenters. The van der Waals surface area contributed by atoms with Crippen LogP contribution < -0.4 is 10.1 Å². The van der Waals surface area contributed by atoms with Gasteiger partial charge in [0.1, 0.15) is 12.3 Å². The minimum Gasteiger partial charge on any atom is -0.495 e. The molecule has 0 aliphatic carbocycles. The van der Waals surface area contributed by atoms with E-state index in [1.165, 1.54) is 32.4 Å². The summed E-state index contributed by atoms with van der Waals surface area (Å²) in [5, 5.41) is 2.51. The number of nitrogens with one attached hydrogen (secondary N) is 1. The topological polar surface area (TPSA) is 77.0 Å². The van der Waals surface area contributed by atoms with Crippen LogP contribution in [-0.4, -0.2) is 45.0 Å². The Kier molecular flexibility index (Phi) is 7.41. The van der Waals surface area contributed by atoms with Crippen molar-refractivity contribution in [2.24, 2.45) is 10.9 Å². The first-order chi connectivity index (χ1) is 11.7. The normalized spacial score (nSPS) is 12.7. The summed E-state index contributed by atoms with van der Waals surface area (Å²) in [5.41, 5.74) is 0.551. The van der Waals surface area contributed by atoms with Gasteiger partial charge in [0, 0.05) is 0 Å². The van der Waals surface area contributed by atoms with Crippen LogP contribution in [-0.2, 0) is 9.53 Å². The van der Waals surface area contributed by atoms with Gasteiger partial charge < -0.3 is 14.8 Å². The van der Waals surface area contributed by atoms with Gasteiger partial charge in [-0.15, -0.1) is 0 Å². The Balaban J connectivity index is 2.64. The van der Waals surface area contributed by atoms with Crippen molar-refractivity contribution in [2.45, 2.75) is 19.5 Å². The number of hydrogen-bond donors (Lipinski definition) is 1. The molecular formula is C16H19F3N2O4. The minimum atomic E-state index is -4.29. The van der Waals surface area contributed by atoms with Gasteiger partial charge in [-0.3, -0.25) is 9.79 Å². The summed E-state index contributed by atoms with van der Waals surface area (Å²) in [7, 11) is 2.60. The molecule has 6 nitrogen and oxygen atoms in total. The van der Waals surface area contributed by atoms with E-state index in [1.807, 2.05) is 0 Å². The molecule has 0 aromatic heterocycles. The number of esters is 1. The van der Waals surface area contributed by atoms with Crippen molar-refractivity contribution >= 4 is 23.8 Å². The Bertz CT molecular complexity index is 645. The van der Waals surface area contributed by atoms with Crippen molar-refractivity contribution in [1.82, 2.24) is 0 Å². The predicted molar refractivity (Wildman–Crippen MR) is 86.2 cm³/mol. The summed E-state index contributed by atoms with van der Waals surface area (Å²) < 4.78 is 46.7. The maximum atomic E-state index is 12.3. The predicted octanol–water partition coefficient (Wildman–Crippen LogP) is 3.08. The Labute approximate surface area is 143 Å². The standard InChI is InChI=1S/C16H19F3N2O4/c1-10(16(17,18)19)6-7-20-9-14(22)21-12-5-4-11(15(23)25-3)8-13(12)24-2/h4-5,7-8,10H,6,9H2,1-3H3,(H,21,22). The van der Waals surface area contributed by atoms with E-state index in [2.05, 4.69) is 15.0 Å². The average Bonchev–Trinajstić information content (AvgIpc) is 2.57. The highest BCUT2D eigenvalue weighted by Gasteiger charge is 2.34. The molecule has 0 fully saturated rings. The number of ether oxygens (including phenoxy) is 2. The highest BCUT2D eigenvalue weighted by molar-refractivity contribution is 5.96. The molecule has 1 unspecified atom stereocenters. The smallest absolute Gasteiger partial charge is 0.391 e. The molecule has 1 aromatic carbocycles. The fraction of sp³-hybridized carbons (Fsp3) is 0.438. The van der Waals surface area contributed by atoms with E-state index in [-0.39, 0.29) is 24.3 Å². The van der Waals surface area contributed by atoms with Crippen LogP contribution >= 0.6 is 0 Å². The molecule has 1 amide bonds. The quantitative estimate of drug-likeness (QED) is 0.599. The third-order valence-corrected chi connectivity index (χ3v) is 3.28. The largest absolute Gasteiger partial charge is 0.495 e. The SMILES string of the molecule is COC(=O)c1ccc(NC(=O)CN=CCC(C)C(F)(F)F)c(OC)c1. The number of rotatable bonds is 7. The van der Waals surface area contributed by atoms with Crippen molar-refractivity contribution in [3.63, 3.8) is 0 Å². The number of nitrogens with zero attached hydrogens (tertiary/aromatic N) is 1. The van der Waals surface area contributed by atoms with E-state index in [0.717, 1.165) is 13.1 Å². The van der Waals surface area contributed by atoms with Gasteiger partial charge in [0.05, 0.1) is 31.4 Å². The van der Waals surface area contributed by atoms with Gasteiger partial charge in [0.2, 0.25) is 5.91 Å². The zero-order chi connectivity index (χ0) is 19.0. The van der Waals surface area contributed by atoms with Gasteiger partial charge >= 0.3 is 12.1 Å².